The first-order valence-corrected chi connectivity index (χ1v) is 9.63. The molecule has 1 saturated heterocycles. The molecule has 156 valence electrons. The maximum Gasteiger partial charge on any atom is 0.171 e. The molecule has 0 unspecified atom stereocenters. The highest BCUT2D eigenvalue weighted by atomic mass is 35.5. The molecule has 2 fully saturated rings. The fourth-order valence-corrected chi connectivity index (χ4v) is 4.34. The Morgan fingerprint density at radius 1 is 1.04 bits per heavy atom. The van der Waals surface area contributed by atoms with Gasteiger partial charge in [-0.25, -0.2) is 4.98 Å². The number of pyridine rings is 1. The van der Waals surface area contributed by atoms with E-state index in [1.807, 2.05) is 6.20 Å². The molecule has 0 amide bonds. The van der Waals surface area contributed by atoms with Crippen LogP contribution < -0.4 is 15.4 Å². The lowest BCUT2D eigenvalue weighted by Crippen LogP contribution is -2.47. The SMILES string of the molecule is Cl.Cl.Cl.NC1CCC(CCN2CCN(c3nccc4c3OCC4)CC2)CC1. The van der Waals surface area contributed by atoms with Crippen LogP contribution in [0.3, 0.4) is 0 Å². The Kier molecular flexibility index (Phi) is 10.5. The summed E-state index contributed by atoms with van der Waals surface area (Å²) in [5.41, 5.74) is 7.33. The summed E-state index contributed by atoms with van der Waals surface area (Å²) in [7, 11) is 0. The number of nitrogens with zero attached hydrogens (tertiary/aromatic N) is 3. The molecule has 0 spiro atoms. The van der Waals surface area contributed by atoms with E-state index >= 15 is 0 Å². The van der Waals surface area contributed by atoms with E-state index in [-0.39, 0.29) is 37.2 Å². The summed E-state index contributed by atoms with van der Waals surface area (Å²) < 4.78 is 5.82. The quantitative estimate of drug-likeness (QED) is 0.780. The number of piperazine rings is 1. The zero-order chi connectivity index (χ0) is 16.4. The second-order valence-electron chi connectivity index (χ2n) is 7.62. The fraction of sp³-hybridized carbons (Fsp3) is 0.737. The summed E-state index contributed by atoms with van der Waals surface area (Å²) in [6.07, 6.45) is 9.41. The first kappa shape index (κ1) is 24.6. The van der Waals surface area contributed by atoms with Crippen molar-refractivity contribution in [3.05, 3.63) is 17.8 Å². The molecule has 3 aliphatic rings. The molecule has 1 aromatic heterocycles. The molecule has 0 radical (unpaired) electrons. The lowest BCUT2D eigenvalue weighted by atomic mass is 9.84. The molecule has 5 nitrogen and oxygen atoms in total. The van der Waals surface area contributed by atoms with Crippen LogP contribution in [0.1, 0.15) is 37.7 Å². The van der Waals surface area contributed by atoms with Crippen molar-refractivity contribution < 1.29 is 4.74 Å². The van der Waals surface area contributed by atoms with E-state index in [9.17, 15) is 0 Å². The number of anilines is 1. The van der Waals surface area contributed by atoms with E-state index in [1.165, 1.54) is 44.2 Å². The molecule has 1 saturated carbocycles. The zero-order valence-electron chi connectivity index (χ0n) is 15.8. The third-order valence-corrected chi connectivity index (χ3v) is 6.00. The summed E-state index contributed by atoms with van der Waals surface area (Å²) in [5.74, 6) is 2.99. The predicted octanol–water partition coefficient (Wildman–Crippen LogP) is 3.31. The van der Waals surface area contributed by atoms with Crippen molar-refractivity contribution in [2.75, 3.05) is 44.2 Å². The largest absolute Gasteiger partial charge is 0.489 e. The number of aromatic nitrogens is 1. The third kappa shape index (κ3) is 6.01. The molecule has 2 aliphatic heterocycles. The van der Waals surface area contributed by atoms with Gasteiger partial charge in [-0.15, -0.1) is 37.2 Å². The van der Waals surface area contributed by atoms with Gasteiger partial charge in [0.2, 0.25) is 0 Å². The topological polar surface area (TPSA) is 54.6 Å². The second-order valence-corrected chi connectivity index (χ2v) is 7.62. The van der Waals surface area contributed by atoms with Crippen LogP contribution in [0.15, 0.2) is 12.3 Å². The minimum atomic E-state index is 0. The van der Waals surface area contributed by atoms with Gasteiger partial charge in [-0.05, 0) is 50.6 Å². The Hall–Kier alpha value is -0.460. The molecule has 0 atom stereocenters. The van der Waals surface area contributed by atoms with E-state index in [4.69, 9.17) is 10.5 Å². The Morgan fingerprint density at radius 2 is 1.74 bits per heavy atom. The van der Waals surface area contributed by atoms with Crippen LogP contribution >= 0.6 is 37.2 Å². The minimum absolute atomic E-state index is 0. The lowest BCUT2D eigenvalue weighted by molar-refractivity contribution is 0.216. The first-order valence-electron chi connectivity index (χ1n) is 9.63. The van der Waals surface area contributed by atoms with Gasteiger partial charge in [0.1, 0.15) is 0 Å². The fourth-order valence-electron chi connectivity index (χ4n) is 4.34. The number of ether oxygens (including phenoxy) is 1. The standard InChI is InChI=1S/C19H30N4O.3ClH/c20-17-3-1-15(2-4-17)6-9-22-10-12-23(13-11-22)19-18-16(5-8-21-19)7-14-24-18;;;/h5,8,15,17H,1-4,6-7,9-14,20H2;3*1H. The van der Waals surface area contributed by atoms with Crippen LogP contribution in [0.4, 0.5) is 5.82 Å². The van der Waals surface area contributed by atoms with Gasteiger partial charge in [-0.2, -0.15) is 0 Å². The molecule has 4 rings (SSSR count). The van der Waals surface area contributed by atoms with Crippen molar-refractivity contribution in [3.63, 3.8) is 0 Å². The van der Waals surface area contributed by atoms with Crippen LogP contribution in [0.25, 0.3) is 0 Å². The Labute approximate surface area is 181 Å². The van der Waals surface area contributed by atoms with E-state index < -0.39 is 0 Å². The summed E-state index contributed by atoms with van der Waals surface area (Å²) in [4.78, 5) is 9.62. The van der Waals surface area contributed by atoms with Crippen LogP contribution in [-0.2, 0) is 6.42 Å². The maximum atomic E-state index is 6.01. The Balaban J connectivity index is 0.00000121. The molecule has 1 aromatic rings. The van der Waals surface area contributed by atoms with Crippen molar-refractivity contribution in [1.29, 1.82) is 0 Å². The van der Waals surface area contributed by atoms with Crippen molar-refractivity contribution in [2.45, 2.75) is 44.6 Å². The van der Waals surface area contributed by atoms with Crippen LogP contribution in [0.2, 0.25) is 0 Å². The Morgan fingerprint density at radius 3 is 2.44 bits per heavy atom. The van der Waals surface area contributed by atoms with E-state index in [0.29, 0.717) is 6.04 Å². The molecule has 0 aromatic carbocycles. The number of hydrogen-bond donors (Lipinski definition) is 1. The van der Waals surface area contributed by atoms with Gasteiger partial charge in [0.15, 0.2) is 11.6 Å². The van der Waals surface area contributed by atoms with E-state index in [0.717, 1.165) is 56.7 Å². The molecule has 3 heterocycles. The summed E-state index contributed by atoms with van der Waals surface area (Å²) in [5, 5.41) is 0. The van der Waals surface area contributed by atoms with Crippen molar-refractivity contribution in [2.24, 2.45) is 11.7 Å². The highest BCUT2D eigenvalue weighted by molar-refractivity contribution is 5.86. The van der Waals surface area contributed by atoms with E-state index in [2.05, 4.69) is 20.9 Å². The molecular weight excluding hydrogens is 407 g/mol. The van der Waals surface area contributed by atoms with Crippen LogP contribution in [-0.4, -0.2) is 55.3 Å². The van der Waals surface area contributed by atoms with Crippen molar-refractivity contribution in [3.8, 4) is 5.75 Å². The maximum absolute atomic E-state index is 6.01. The number of rotatable bonds is 4. The van der Waals surface area contributed by atoms with Gasteiger partial charge in [-0.3, -0.25) is 4.90 Å². The van der Waals surface area contributed by atoms with Crippen LogP contribution in [0.5, 0.6) is 5.75 Å². The van der Waals surface area contributed by atoms with Gasteiger partial charge in [0.05, 0.1) is 6.61 Å². The highest BCUT2D eigenvalue weighted by Gasteiger charge is 2.25. The first-order chi connectivity index (χ1) is 11.8. The number of halogens is 3. The van der Waals surface area contributed by atoms with Gasteiger partial charge >= 0.3 is 0 Å². The minimum Gasteiger partial charge on any atom is -0.489 e. The molecule has 0 bridgehead atoms. The predicted molar refractivity (Wildman–Crippen MR) is 118 cm³/mol. The smallest absolute Gasteiger partial charge is 0.171 e. The Bertz CT molecular complexity index is 562. The molecular formula is C19H33Cl3N4O. The average Bonchev–Trinajstić information content (AvgIpc) is 3.10. The normalized spacial score (nSPS) is 24.7. The van der Waals surface area contributed by atoms with Crippen LogP contribution in [0, 0.1) is 5.92 Å². The molecule has 1 aliphatic carbocycles. The third-order valence-electron chi connectivity index (χ3n) is 6.00. The monoisotopic (exact) mass is 438 g/mol. The second kappa shape index (κ2) is 11.5. The van der Waals surface area contributed by atoms with Crippen molar-refractivity contribution >= 4 is 43.0 Å². The van der Waals surface area contributed by atoms with Crippen molar-refractivity contribution in [1.82, 2.24) is 9.88 Å². The lowest BCUT2D eigenvalue weighted by Gasteiger charge is -2.36. The number of hydrogen-bond acceptors (Lipinski definition) is 5. The van der Waals surface area contributed by atoms with Gasteiger partial charge in [0.25, 0.3) is 0 Å². The highest BCUT2D eigenvalue weighted by Crippen LogP contribution is 2.34. The zero-order valence-corrected chi connectivity index (χ0v) is 18.3. The molecule has 27 heavy (non-hydrogen) atoms. The van der Waals surface area contributed by atoms with Gasteiger partial charge < -0.3 is 15.4 Å². The summed E-state index contributed by atoms with van der Waals surface area (Å²) in [6, 6.07) is 2.56. The number of fused-ring (bicyclic) bond motifs is 1. The van der Waals surface area contributed by atoms with Gasteiger partial charge in [-0.1, -0.05) is 0 Å². The molecule has 2 N–H and O–H groups in total. The summed E-state index contributed by atoms with van der Waals surface area (Å²) in [6.45, 7) is 6.43. The van der Waals surface area contributed by atoms with Gasteiger partial charge in [0, 0.05) is 50.4 Å². The summed E-state index contributed by atoms with van der Waals surface area (Å²) >= 11 is 0. The molecule has 8 heteroatoms. The van der Waals surface area contributed by atoms with E-state index in [1.54, 1.807) is 0 Å². The number of nitrogens with two attached hydrogens (primary N) is 1. The average molecular weight is 440 g/mol.